The lowest BCUT2D eigenvalue weighted by molar-refractivity contribution is -0.107. The third-order valence-corrected chi connectivity index (χ3v) is 3.62. The summed E-state index contributed by atoms with van der Waals surface area (Å²) in [4.78, 5) is 14.9. The quantitative estimate of drug-likeness (QED) is 0.593. The van der Waals surface area contributed by atoms with Crippen molar-refractivity contribution in [2.45, 2.75) is 45.3 Å². The van der Waals surface area contributed by atoms with Crippen molar-refractivity contribution in [1.29, 1.82) is 0 Å². The Kier molecular flexibility index (Phi) is 3.30. The third-order valence-electron chi connectivity index (χ3n) is 3.62. The monoisotopic (exact) mass is 247 g/mol. The summed E-state index contributed by atoms with van der Waals surface area (Å²) in [7, 11) is -0.471. The molecular weight excluding hydrogens is 229 g/mol. The molecule has 18 heavy (non-hydrogen) atoms. The molecule has 1 aliphatic rings. The summed E-state index contributed by atoms with van der Waals surface area (Å²) in [5, 5.41) is 0. The van der Waals surface area contributed by atoms with Gasteiger partial charge in [0.05, 0.1) is 16.8 Å². The average Bonchev–Trinajstić information content (AvgIpc) is 2.49. The normalized spacial score (nSPS) is 21.0. The van der Waals surface area contributed by atoms with E-state index < -0.39 is 7.12 Å². The zero-order valence-corrected chi connectivity index (χ0v) is 11.3. The lowest BCUT2D eigenvalue weighted by Gasteiger charge is -2.32. The largest absolute Gasteiger partial charge is 0.514 e. The molecule has 0 unspecified atom stereocenters. The molecule has 5 heteroatoms. The van der Waals surface area contributed by atoms with Crippen molar-refractivity contribution in [2.75, 3.05) is 0 Å². The van der Waals surface area contributed by atoms with Crippen LogP contribution in [0.2, 0.25) is 0 Å². The number of pyridine rings is 1. The summed E-state index contributed by atoms with van der Waals surface area (Å²) < 4.78 is 11.8. The van der Waals surface area contributed by atoms with Gasteiger partial charge in [0.15, 0.2) is 0 Å². The summed E-state index contributed by atoms with van der Waals surface area (Å²) in [5.74, 6) is 0. The third kappa shape index (κ3) is 2.33. The Hall–Kier alpha value is -1.20. The first kappa shape index (κ1) is 13.2. The van der Waals surface area contributed by atoms with Crippen molar-refractivity contribution < 1.29 is 14.1 Å². The smallest absolute Gasteiger partial charge is 0.398 e. The maximum Gasteiger partial charge on any atom is 0.514 e. The molecule has 1 aromatic heterocycles. The van der Waals surface area contributed by atoms with E-state index in [1.165, 1.54) is 0 Å². The highest BCUT2D eigenvalue weighted by molar-refractivity contribution is 6.61. The molecule has 0 atom stereocenters. The van der Waals surface area contributed by atoms with Crippen LogP contribution in [0, 0.1) is 0 Å². The molecule has 1 saturated heterocycles. The number of aromatic nitrogens is 1. The molecule has 96 valence electrons. The molecule has 0 radical (unpaired) electrons. The predicted molar refractivity (Wildman–Crippen MR) is 69.7 cm³/mol. The summed E-state index contributed by atoms with van der Waals surface area (Å²) in [6, 6.07) is 5.55. The van der Waals surface area contributed by atoms with Crippen LogP contribution in [0.3, 0.4) is 0 Å². The van der Waals surface area contributed by atoms with E-state index >= 15 is 0 Å². The molecule has 0 aliphatic carbocycles. The van der Waals surface area contributed by atoms with E-state index in [4.69, 9.17) is 9.31 Å². The van der Waals surface area contributed by atoms with Crippen LogP contribution in [-0.2, 0) is 20.5 Å². The minimum atomic E-state index is -0.471. The lowest BCUT2D eigenvalue weighted by Crippen LogP contribution is -2.41. The van der Waals surface area contributed by atoms with Gasteiger partial charge in [-0.15, -0.1) is 0 Å². The second kappa shape index (κ2) is 4.48. The zero-order chi connectivity index (χ0) is 13.4. The van der Waals surface area contributed by atoms with Gasteiger partial charge in [-0.25, -0.2) is 0 Å². The minimum absolute atomic E-state index is 0.313. The summed E-state index contributed by atoms with van der Waals surface area (Å²) in [6.07, 6.45) is 1.16. The summed E-state index contributed by atoms with van der Waals surface area (Å²) in [5.41, 5.74) is 0.699. The van der Waals surface area contributed by atoms with Crippen LogP contribution in [-0.4, -0.2) is 29.6 Å². The van der Waals surface area contributed by atoms with Crippen molar-refractivity contribution in [2.24, 2.45) is 0 Å². The van der Waals surface area contributed by atoms with Gasteiger partial charge < -0.3 is 14.1 Å². The molecule has 1 fully saturated rings. The first-order valence-electron chi connectivity index (χ1n) is 6.11. The highest BCUT2D eigenvalue weighted by Gasteiger charge is 2.52. The van der Waals surface area contributed by atoms with Crippen LogP contribution >= 0.6 is 0 Å². The molecule has 2 heterocycles. The highest BCUT2D eigenvalue weighted by Crippen LogP contribution is 2.36. The molecular formula is C13H18BNO3. The van der Waals surface area contributed by atoms with Crippen LogP contribution in [0.15, 0.2) is 18.2 Å². The Morgan fingerprint density at radius 1 is 1.22 bits per heavy atom. The maximum atomic E-state index is 10.5. The Morgan fingerprint density at radius 3 is 2.39 bits per heavy atom. The Bertz CT molecular complexity index is 443. The van der Waals surface area contributed by atoms with Gasteiger partial charge >= 0.3 is 7.12 Å². The molecule has 1 aliphatic heterocycles. The van der Waals surface area contributed by atoms with Crippen molar-refractivity contribution in [3.63, 3.8) is 0 Å². The number of carbonyl (C=O) groups is 1. The summed E-state index contributed by atoms with van der Waals surface area (Å²) >= 11 is 0. The van der Waals surface area contributed by atoms with Crippen LogP contribution in [0.25, 0.3) is 0 Å². The van der Waals surface area contributed by atoms with Gasteiger partial charge in [-0.3, -0.25) is 4.98 Å². The zero-order valence-electron chi connectivity index (χ0n) is 11.3. The fourth-order valence-corrected chi connectivity index (χ4v) is 1.79. The standard InChI is InChI=1S/C13H18BNO3/c1-12(2)13(3,4)18-14(17-12)11-7-5-6-10(15-11)8-9-16/h5-7,9H,8H2,1-4H3. The van der Waals surface area contributed by atoms with E-state index in [2.05, 4.69) is 4.98 Å². The predicted octanol–water partition coefficient (Wildman–Crippen LogP) is 1.12. The molecule has 0 amide bonds. The van der Waals surface area contributed by atoms with E-state index in [1.807, 2.05) is 45.9 Å². The van der Waals surface area contributed by atoms with Gasteiger partial charge in [0.25, 0.3) is 0 Å². The van der Waals surface area contributed by atoms with Gasteiger partial charge in [-0.2, -0.15) is 0 Å². The van der Waals surface area contributed by atoms with E-state index in [1.54, 1.807) is 0 Å². The average molecular weight is 247 g/mol. The topological polar surface area (TPSA) is 48.4 Å². The van der Waals surface area contributed by atoms with E-state index in [9.17, 15) is 4.79 Å². The highest BCUT2D eigenvalue weighted by atomic mass is 16.7. The van der Waals surface area contributed by atoms with Gasteiger partial charge in [0.1, 0.15) is 6.29 Å². The molecule has 1 aromatic rings. The minimum Gasteiger partial charge on any atom is -0.398 e. The SMILES string of the molecule is CC1(C)OB(c2cccc(CC=O)n2)OC1(C)C. The molecule has 0 spiro atoms. The van der Waals surface area contributed by atoms with E-state index in [0.29, 0.717) is 12.0 Å². The maximum absolute atomic E-state index is 10.5. The fourth-order valence-electron chi connectivity index (χ4n) is 1.79. The number of hydrogen-bond acceptors (Lipinski definition) is 4. The molecule has 0 N–H and O–H groups in total. The second-order valence-electron chi connectivity index (χ2n) is 5.51. The van der Waals surface area contributed by atoms with Gasteiger partial charge in [0.2, 0.25) is 0 Å². The van der Waals surface area contributed by atoms with Crippen LogP contribution in [0.4, 0.5) is 0 Å². The van der Waals surface area contributed by atoms with Crippen molar-refractivity contribution in [3.05, 3.63) is 23.9 Å². The van der Waals surface area contributed by atoms with Crippen molar-refractivity contribution >= 4 is 19.0 Å². The van der Waals surface area contributed by atoms with Gasteiger partial charge in [0, 0.05) is 12.1 Å². The number of aldehydes is 1. The lowest BCUT2D eigenvalue weighted by atomic mass is 9.84. The van der Waals surface area contributed by atoms with Crippen LogP contribution in [0.1, 0.15) is 33.4 Å². The van der Waals surface area contributed by atoms with Crippen molar-refractivity contribution in [3.8, 4) is 0 Å². The molecule has 4 nitrogen and oxygen atoms in total. The Morgan fingerprint density at radius 2 is 1.83 bits per heavy atom. The van der Waals surface area contributed by atoms with E-state index in [-0.39, 0.29) is 11.2 Å². The van der Waals surface area contributed by atoms with Crippen molar-refractivity contribution in [1.82, 2.24) is 4.98 Å². The number of carbonyl (C=O) groups excluding carboxylic acids is 1. The molecule has 2 rings (SSSR count). The fraction of sp³-hybridized carbons (Fsp3) is 0.538. The Labute approximate surface area is 108 Å². The molecule has 0 aromatic carbocycles. The number of nitrogens with zero attached hydrogens (tertiary/aromatic N) is 1. The Balaban J connectivity index is 2.24. The molecule has 0 saturated carbocycles. The first-order chi connectivity index (χ1) is 8.36. The second-order valence-corrected chi connectivity index (χ2v) is 5.51. The number of rotatable bonds is 3. The van der Waals surface area contributed by atoms with E-state index in [0.717, 1.165) is 12.0 Å². The summed E-state index contributed by atoms with van der Waals surface area (Å²) in [6.45, 7) is 8.01. The molecule has 0 bridgehead atoms. The number of hydrogen-bond donors (Lipinski definition) is 0. The first-order valence-corrected chi connectivity index (χ1v) is 6.11. The van der Waals surface area contributed by atoms with Crippen LogP contribution in [0.5, 0.6) is 0 Å². The van der Waals surface area contributed by atoms with Gasteiger partial charge in [-0.1, -0.05) is 6.07 Å². The van der Waals surface area contributed by atoms with Gasteiger partial charge in [-0.05, 0) is 39.8 Å². The van der Waals surface area contributed by atoms with Crippen LogP contribution < -0.4 is 5.59 Å².